The predicted octanol–water partition coefficient (Wildman–Crippen LogP) is 5.65. The maximum absolute atomic E-state index is 13.5. The fourth-order valence-electron chi connectivity index (χ4n) is 3.87. The van der Waals surface area contributed by atoms with Gasteiger partial charge in [0.1, 0.15) is 0 Å². The molecule has 1 aliphatic heterocycles. The minimum absolute atomic E-state index is 0.247. The molecule has 3 aromatic carbocycles. The highest BCUT2D eigenvalue weighted by molar-refractivity contribution is 6.24. The van der Waals surface area contributed by atoms with E-state index in [1.54, 1.807) is 11.0 Å². The largest absolute Gasteiger partial charge is 0.340 e. The summed E-state index contributed by atoms with van der Waals surface area (Å²) in [4.78, 5) is 29.9. The van der Waals surface area contributed by atoms with Gasteiger partial charge in [0, 0.05) is 5.70 Å². The fraction of sp³-hybridized carbons (Fsp3) is 0.154. The van der Waals surface area contributed by atoms with E-state index in [2.05, 4.69) is 6.58 Å². The van der Waals surface area contributed by atoms with Crippen LogP contribution in [0.2, 0.25) is 0 Å². The van der Waals surface area contributed by atoms with Gasteiger partial charge in [-0.25, -0.2) is 9.69 Å². The van der Waals surface area contributed by atoms with Gasteiger partial charge in [-0.05, 0) is 61.2 Å². The van der Waals surface area contributed by atoms with E-state index in [0.717, 1.165) is 16.7 Å². The van der Waals surface area contributed by atoms with Crippen LogP contribution in [0.4, 0.5) is 16.2 Å². The van der Waals surface area contributed by atoms with Gasteiger partial charge < -0.3 is 0 Å². The maximum Gasteiger partial charge on any atom is 0.340 e. The van der Waals surface area contributed by atoms with Crippen molar-refractivity contribution >= 4 is 23.3 Å². The van der Waals surface area contributed by atoms with Crippen LogP contribution in [0.1, 0.15) is 16.7 Å². The van der Waals surface area contributed by atoms with Crippen molar-refractivity contribution < 1.29 is 9.59 Å². The second-order valence-corrected chi connectivity index (χ2v) is 7.70. The number of carbonyl (C=O) groups is 2. The third-order valence-corrected chi connectivity index (χ3v) is 5.39. The van der Waals surface area contributed by atoms with E-state index < -0.39 is 11.9 Å². The van der Waals surface area contributed by atoms with Crippen molar-refractivity contribution in [3.63, 3.8) is 0 Å². The van der Waals surface area contributed by atoms with Crippen LogP contribution in [-0.2, 0) is 11.2 Å². The molecule has 1 aliphatic rings. The van der Waals surface area contributed by atoms with Crippen LogP contribution < -0.4 is 9.80 Å². The van der Waals surface area contributed by atoms with Gasteiger partial charge >= 0.3 is 6.03 Å². The standard InChI is InChI=1S/C26H24N2O2/c1-18-9-7-13-22(15-18)27-20(3)24(17-21-11-5-4-6-12-21)25(29)28(26(27)30)23-14-8-10-19(2)16-23/h4-16,24H,3,17H2,1-2H3. The normalized spacial score (nSPS) is 16.9. The highest BCUT2D eigenvalue weighted by atomic mass is 16.2. The molecule has 0 aliphatic carbocycles. The molecule has 4 heteroatoms. The Hall–Kier alpha value is -3.66. The second kappa shape index (κ2) is 7.99. The molecule has 1 saturated heterocycles. The Morgan fingerprint density at radius 2 is 1.33 bits per heavy atom. The van der Waals surface area contributed by atoms with Gasteiger partial charge in [-0.2, -0.15) is 0 Å². The monoisotopic (exact) mass is 396 g/mol. The first kappa shape index (κ1) is 19.6. The minimum Gasteiger partial charge on any atom is -0.273 e. The summed E-state index contributed by atoms with van der Waals surface area (Å²) in [6, 6.07) is 24.6. The molecule has 1 unspecified atom stereocenters. The van der Waals surface area contributed by atoms with Gasteiger partial charge in [0.2, 0.25) is 5.91 Å². The molecule has 0 spiro atoms. The lowest BCUT2D eigenvalue weighted by atomic mass is 9.92. The van der Waals surface area contributed by atoms with E-state index >= 15 is 0 Å². The molecule has 3 amide bonds. The van der Waals surface area contributed by atoms with Crippen LogP contribution in [0, 0.1) is 19.8 Å². The summed E-state index contributed by atoms with van der Waals surface area (Å²) in [6.07, 6.45) is 0.483. The highest BCUT2D eigenvalue weighted by Gasteiger charge is 2.43. The minimum atomic E-state index is -0.536. The SMILES string of the molecule is C=C1C(Cc2ccccc2)C(=O)N(c2cccc(C)c2)C(=O)N1c1cccc(C)c1. The zero-order chi connectivity index (χ0) is 21.3. The molecule has 0 bridgehead atoms. The molecule has 0 radical (unpaired) electrons. The third kappa shape index (κ3) is 3.64. The molecular formula is C26H24N2O2. The zero-order valence-corrected chi connectivity index (χ0v) is 17.2. The Morgan fingerprint density at radius 3 is 1.90 bits per heavy atom. The highest BCUT2D eigenvalue weighted by Crippen LogP contribution is 2.35. The number of rotatable bonds is 4. The average Bonchev–Trinajstić information content (AvgIpc) is 2.72. The number of carbonyl (C=O) groups excluding carboxylic acids is 2. The van der Waals surface area contributed by atoms with Gasteiger partial charge in [0.15, 0.2) is 0 Å². The fourth-order valence-corrected chi connectivity index (χ4v) is 3.87. The Morgan fingerprint density at radius 1 is 0.767 bits per heavy atom. The van der Waals surface area contributed by atoms with Crippen LogP contribution in [0.3, 0.4) is 0 Å². The molecule has 0 aromatic heterocycles. The van der Waals surface area contributed by atoms with Crippen molar-refractivity contribution in [1.82, 2.24) is 0 Å². The maximum atomic E-state index is 13.5. The number of imide groups is 1. The van der Waals surface area contributed by atoms with Crippen LogP contribution in [0.25, 0.3) is 0 Å². The smallest absolute Gasteiger partial charge is 0.273 e. The lowest BCUT2D eigenvalue weighted by Crippen LogP contribution is -2.56. The molecule has 1 fully saturated rings. The average molecular weight is 396 g/mol. The summed E-state index contributed by atoms with van der Waals surface area (Å²) in [5.41, 5.74) is 4.84. The van der Waals surface area contributed by atoms with Gasteiger partial charge in [0.05, 0.1) is 17.3 Å². The topological polar surface area (TPSA) is 40.6 Å². The summed E-state index contributed by atoms with van der Waals surface area (Å²) >= 11 is 0. The number of amides is 3. The van der Waals surface area contributed by atoms with Crippen molar-refractivity contribution in [3.8, 4) is 0 Å². The summed E-state index contributed by atoms with van der Waals surface area (Å²) < 4.78 is 0. The van der Waals surface area contributed by atoms with E-state index in [4.69, 9.17) is 0 Å². The molecule has 1 heterocycles. The third-order valence-electron chi connectivity index (χ3n) is 5.39. The van der Waals surface area contributed by atoms with Gasteiger partial charge in [-0.1, -0.05) is 61.2 Å². The van der Waals surface area contributed by atoms with Crippen LogP contribution >= 0.6 is 0 Å². The summed E-state index contributed by atoms with van der Waals surface area (Å²) in [6.45, 7) is 8.11. The molecule has 1 atom stereocenters. The van der Waals surface area contributed by atoms with Crippen LogP contribution in [0.15, 0.2) is 91.1 Å². The van der Waals surface area contributed by atoms with Crippen LogP contribution in [0.5, 0.6) is 0 Å². The van der Waals surface area contributed by atoms with Crippen molar-refractivity contribution in [2.75, 3.05) is 9.80 Å². The number of anilines is 2. The van der Waals surface area contributed by atoms with E-state index in [0.29, 0.717) is 23.5 Å². The molecule has 0 N–H and O–H groups in total. The van der Waals surface area contributed by atoms with Gasteiger partial charge in [-0.15, -0.1) is 0 Å². The van der Waals surface area contributed by atoms with Crippen molar-refractivity contribution in [3.05, 3.63) is 108 Å². The van der Waals surface area contributed by atoms with Crippen LogP contribution in [-0.4, -0.2) is 11.9 Å². The van der Waals surface area contributed by atoms with E-state index in [9.17, 15) is 9.59 Å². The Balaban J connectivity index is 1.81. The Bertz CT molecular complexity index is 1050. The zero-order valence-electron chi connectivity index (χ0n) is 17.2. The van der Waals surface area contributed by atoms with E-state index in [1.165, 1.54) is 4.90 Å². The van der Waals surface area contributed by atoms with Gasteiger partial charge in [-0.3, -0.25) is 9.69 Å². The molecular weight excluding hydrogens is 372 g/mol. The van der Waals surface area contributed by atoms with Crippen molar-refractivity contribution in [2.24, 2.45) is 5.92 Å². The molecule has 4 rings (SSSR count). The molecule has 4 nitrogen and oxygen atoms in total. The lowest BCUT2D eigenvalue weighted by Gasteiger charge is -2.40. The van der Waals surface area contributed by atoms with Crippen molar-refractivity contribution in [1.29, 1.82) is 0 Å². The number of aryl methyl sites for hydroxylation is 2. The van der Waals surface area contributed by atoms with E-state index in [-0.39, 0.29) is 5.91 Å². The predicted molar refractivity (Wildman–Crippen MR) is 120 cm³/mol. The molecule has 150 valence electrons. The summed E-state index contributed by atoms with van der Waals surface area (Å²) in [5.74, 6) is -0.783. The Labute approximate surface area is 177 Å². The summed E-state index contributed by atoms with van der Waals surface area (Å²) in [7, 11) is 0. The summed E-state index contributed by atoms with van der Waals surface area (Å²) in [5, 5.41) is 0. The number of hydrogen-bond acceptors (Lipinski definition) is 2. The van der Waals surface area contributed by atoms with Gasteiger partial charge in [0.25, 0.3) is 0 Å². The molecule has 30 heavy (non-hydrogen) atoms. The second-order valence-electron chi connectivity index (χ2n) is 7.70. The van der Waals surface area contributed by atoms with E-state index in [1.807, 2.05) is 86.6 Å². The number of benzene rings is 3. The number of hydrogen-bond donors (Lipinski definition) is 0. The first-order valence-corrected chi connectivity index (χ1v) is 10.00. The number of nitrogens with zero attached hydrogens (tertiary/aromatic N) is 2. The Kier molecular flexibility index (Phi) is 5.23. The first-order chi connectivity index (χ1) is 14.5. The number of urea groups is 1. The molecule has 3 aromatic rings. The molecule has 0 saturated carbocycles. The van der Waals surface area contributed by atoms with Crippen molar-refractivity contribution in [2.45, 2.75) is 20.3 Å². The lowest BCUT2D eigenvalue weighted by molar-refractivity contribution is -0.121. The first-order valence-electron chi connectivity index (χ1n) is 10.00. The quantitative estimate of drug-likeness (QED) is 0.572.